The number of nitrogens with one attached hydrogen (secondary N) is 1. The zero-order valence-electron chi connectivity index (χ0n) is 9.69. The number of hydrogen-bond donors (Lipinski definition) is 2. The summed E-state index contributed by atoms with van der Waals surface area (Å²) in [5, 5.41) is 8.73. The van der Waals surface area contributed by atoms with E-state index in [2.05, 4.69) is 14.7 Å². The van der Waals surface area contributed by atoms with Gasteiger partial charge in [-0.15, -0.1) is 0 Å². The van der Waals surface area contributed by atoms with Crippen molar-refractivity contribution in [3.05, 3.63) is 30.3 Å². The summed E-state index contributed by atoms with van der Waals surface area (Å²) in [7, 11) is -3.44. The summed E-state index contributed by atoms with van der Waals surface area (Å²) in [5.74, 6) is -1.05. The van der Waals surface area contributed by atoms with Gasteiger partial charge in [-0.2, -0.15) is 0 Å². The fourth-order valence-corrected chi connectivity index (χ4v) is 1.81. The van der Waals surface area contributed by atoms with Crippen LogP contribution >= 0.6 is 0 Å². The van der Waals surface area contributed by atoms with Crippen LogP contribution in [-0.4, -0.2) is 35.7 Å². The van der Waals surface area contributed by atoms with Crippen LogP contribution in [0, 0.1) is 0 Å². The normalized spacial score (nSPS) is 11.2. The van der Waals surface area contributed by atoms with Crippen molar-refractivity contribution in [3.8, 4) is 11.5 Å². The molecule has 0 saturated heterocycles. The van der Waals surface area contributed by atoms with Crippen LogP contribution in [0.2, 0.25) is 0 Å². The van der Waals surface area contributed by atoms with E-state index in [-0.39, 0.29) is 17.4 Å². The van der Waals surface area contributed by atoms with E-state index in [1.807, 2.05) is 0 Å². The van der Waals surface area contributed by atoms with E-state index in [1.54, 1.807) is 0 Å². The average Bonchev–Trinajstić information content (AvgIpc) is 2.76. The molecule has 0 radical (unpaired) electrons. The van der Waals surface area contributed by atoms with Gasteiger partial charge in [0.05, 0.1) is 6.26 Å². The summed E-state index contributed by atoms with van der Waals surface area (Å²) in [6.07, 6.45) is 3.35. The van der Waals surface area contributed by atoms with Crippen molar-refractivity contribution in [2.45, 2.75) is 0 Å². The summed E-state index contributed by atoms with van der Waals surface area (Å²) in [5.41, 5.74) is 0.179. The van der Waals surface area contributed by atoms with E-state index in [1.165, 1.54) is 18.3 Å². The van der Waals surface area contributed by atoms with E-state index in [9.17, 15) is 13.2 Å². The van der Waals surface area contributed by atoms with E-state index < -0.39 is 16.0 Å². The molecule has 2 aromatic rings. The molecule has 0 aliphatic heterocycles. The highest BCUT2D eigenvalue weighted by atomic mass is 32.2. The van der Waals surface area contributed by atoms with Gasteiger partial charge in [0.2, 0.25) is 15.9 Å². The molecule has 0 aromatic carbocycles. The molecule has 19 heavy (non-hydrogen) atoms. The standard InChI is InChI=1S/C10H9N3O5S/c1-19(16,17)13-8-4-6(2-3-11-8)9-12-7(5-18-9)10(14)15/h2-5H,1H3,(H,11,13)(H,14,15). The third kappa shape index (κ3) is 3.28. The van der Waals surface area contributed by atoms with Gasteiger partial charge in [-0.05, 0) is 12.1 Å². The number of carboxylic acids is 1. The molecule has 0 bridgehead atoms. The Bertz CT molecular complexity index is 722. The second-order valence-electron chi connectivity index (χ2n) is 3.65. The summed E-state index contributed by atoms with van der Waals surface area (Å²) >= 11 is 0. The highest BCUT2D eigenvalue weighted by Gasteiger charge is 2.13. The van der Waals surface area contributed by atoms with Gasteiger partial charge in [0.25, 0.3) is 0 Å². The lowest BCUT2D eigenvalue weighted by molar-refractivity contribution is 0.0690. The SMILES string of the molecule is CS(=O)(=O)Nc1cc(-c2nc(C(=O)O)co2)ccn1. The van der Waals surface area contributed by atoms with Crippen LogP contribution in [0.5, 0.6) is 0 Å². The summed E-state index contributed by atoms with van der Waals surface area (Å²) in [6.45, 7) is 0. The molecule has 2 N–H and O–H groups in total. The van der Waals surface area contributed by atoms with Crippen LogP contribution in [0.4, 0.5) is 5.82 Å². The van der Waals surface area contributed by atoms with Gasteiger partial charge in [-0.25, -0.2) is 23.2 Å². The molecule has 0 fully saturated rings. The lowest BCUT2D eigenvalue weighted by Gasteiger charge is -2.03. The zero-order valence-corrected chi connectivity index (χ0v) is 10.5. The Hall–Kier alpha value is -2.42. The Morgan fingerprint density at radius 2 is 2.21 bits per heavy atom. The second-order valence-corrected chi connectivity index (χ2v) is 5.40. The van der Waals surface area contributed by atoms with Gasteiger partial charge >= 0.3 is 5.97 Å². The smallest absolute Gasteiger partial charge is 0.357 e. The Balaban J connectivity index is 2.34. The predicted molar refractivity (Wildman–Crippen MR) is 65.2 cm³/mol. The maximum Gasteiger partial charge on any atom is 0.357 e. The average molecular weight is 283 g/mol. The molecule has 9 heteroatoms. The van der Waals surface area contributed by atoms with Gasteiger partial charge in [0.1, 0.15) is 12.1 Å². The number of hydrogen-bond acceptors (Lipinski definition) is 6. The molecule has 2 heterocycles. The van der Waals surface area contributed by atoms with Crippen LogP contribution in [0.15, 0.2) is 29.0 Å². The molecule has 0 unspecified atom stereocenters. The van der Waals surface area contributed by atoms with E-state index in [0.29, 0.717) is 5.56 Å². The van der Waals surface area contributed by atoms with E-state index >= 15 is 0 Å². The van der Waals surface area contributed by atoms with Gasteiger partial charge in [-0.3, -0.25) is 4.72 Å². The number of nitrogens with zero attached hydrogens (tertiary/aromatic N) is 2. The number of sulfonamides is 1. The number of carboxylic acid groups (broad SMARTS) is 1. The molecule has 0 atom stereocenters. The molecule has 0 amide bonds. The number of aromatic carboxylic acids is 1. The minimum absolute atomic E-state index is 0.0661. The van der Waals surface area contributed by atoms with Gasteiger partial charge in [0.15, 0.2) is 5.69 Å². The van der Waals surface area contributed by atoms with Crippen LogP contribution in [0.3, 0.4) is 0 Å². The lowest BCUT2D eigenvalue weighted by Crippen LogP contribution is -2.10. The van der Waals surface area contributed by atoms with E-state index in [4.69, 9.17) is 9.52 Å². The number of anilines is 1. The second kappa shape index (κ2) is 4.69. The lowest BCUT2D eigenvalue weighted by atomic mass is 10.2. The van der Waals surface area contributed by atoms with Crippen LogP contribution in [0.25, 0.3) is 11.5 Å². The topological polar surface area (TPSA) is 122 Å². The van der Waals surface area contributed by atoms with Crippen molar-refractivity contribution in [1.82, 2.24) is 9.97 Å². The van der Waals surface area contributed by atoms with Crippen molar-refractivity contribution in [2.75, 3.05) is 11.0 Å². The minimum atomic E-state index is -3.44. The molecular formula is C10H9N3O5S. The molecule has 0 spiro atoms. The largest absolute Gasteiger partial charge is 0.476 e. The summed E-state index contributed by atoms with van der Waals surface area (Å²) in [4.78, 5) is 18.2. The van der Waals surface area contributed by atoms with Crippen molar-refractivity contribution in [1.29, 1.82) is 0 Å². The van der Waals surface area contributed by atoms with Gasteiger partial charge in [-0.1, -0.05) is 0 Å². The van der Waals surface area contributed by atoms with Crippen molar-refractivity contribution in [2.24, 2.45) is 0 Å². The van der Waals surface area contributed by atoms with Crippen molar-refractivity contribution in [3.63, 3.8) is 0 Å². The Morgan fingerprint density at radius 3 is 2.79 bits per heavy atom. The Labute approximate surface area is 108 Å². The molecule has 2 aromatic heterocycles. The molecule has 2 rings (SSSR count). The minimum Gasteiger partial charge on any atom is -0.476 e. The fraction of sp³-hybridized carbons (Fsp3) is 0.100. The number of rotatable bonds is 4. The van der Waals surface area contributed by atoms with Gasteiger partial charge in [0, 0.05) is 11.8 Å². The Morgan fingerprint density at radius 1 is 1.47 bits per heavy atom. The number of oxazole rings is 1. The molecule has 0 aliphatic carbocycles. The first kappa shape index (κ1) is 13.0. The number of carbonyl (C=O) groups is 1. The molecule has 100 valence electrons. The zero-order chi connectivity index (χ0) is 14.0. The Kier molecular flexibility index (Phi) is 3.21. The first-order valence-electron chi connectivity index (χ1n) is 4.98. The fourth-order valence-electron chi connectivity index (χ4n) is 1.31. The number of aromatic nitrogens is 2. The first-order chi connectivity index (χ1) is 8.85. The third-order valence-corrected chi connectivity index (χ3v) is 2.60. The van der Waals surface area contributed by atoms with E-state index in [0.717, 1.165) is 12.5 Å². The van der Waals surface area contributed by atoms with Crippen LogP contribution in [-0.2, 0) is 10.0 Å². The highest BCUT2D eigenvalue weighted by molar-refractivity contribution is 7.92. The maximum absolute atomic E-state index is 11.1. The summed E-state index contributed by atoms with van der Waals surface area (Å²) < 4.78 is 29.3. The van der Waals surface area contributed by atoms with Crippen LogP contribution in [0.1, 0.15) is 10.5 Å². The highest BCUT2D eigenvalue weighted by Crippen LogP contribution is 2.20. The molecule has 0 aliphatic rings. The molecule has 8 nitrogen and oxygen atoms in total. The quantitative estimate of drug-likeness (QED) is 0.850. The molecular weight excluding hydrogens is 274 g/mol. The third-order valence-electron chi connectivity index (χ3n) is 2.02. The number of pyridine rings is 1. The van der Waals surface area contributed by atoms with Gasteiger partial charge < -0.3 is 9.52 Å². The summed E-state index contributed by atoms with van der Waals surface area (Å²) in [6, 6.07) is 2.91. The van der Waals surface area contributed by atoms with Crippen molar-refractivity contribution >= 4 is 21.8 Å². The van der Waals surface area contributed by atoms with Crippen LogP contribution < -0.4 is 4.72 Å². The monoisotopic (exact) mass is 283 g/mol. The first-order valence-corrected chi connectivity index (χ1v) is 6.87. The molecule has 0 saturated carbocycles. The maximum atomic E-state index is 11.1. The predicted octanol–water partition coefficient (Wildman–Crippen LogP) is 0.806. The van der Waals surface area contributed by atoms with Crippen molar-refractivity contribution < 1.29 is 22.7 Å².